The van der Waals surface area contributed by atoms with Crippen molar-refractivity contribution >= 4 is 28.9 Å². The van der Waals surface area contributed by atoms with Gasteiger partial charge in [-0.25, -0.2) is 4.98 Å². The van der Waals surface area contributed by atoms with Crippen LogP contribution in [0.5, 0.6) is 5.88 Å². The van der Waals surface area contributed by atoms with Crippen LogP contribution < -0.4 is 20.7 Å². The lowest BCUT2D eigenvalue weighted by molar-refractivity contribution is 0.102. The van der Waals surface area contributed by atoms with E-state index >= 15 is 0 Å². The van der Waals surface area contributed by atoms with Gasteiger partial charge in [-0.05, 0) is 25.5 Å². The monoisotopic (exact) mass is 299 g/mol. The van der Waals surface area contributed by atoms with Crippen molar-refractivity contribution < 1.29 is 9.53 Å². The first kappa shape index (κ1) is 14.1. The number of nitrogens with one attached hydrogen (secondary N) is 1. The van der Waals surface area contributed by atoms with Gasteiger partial charge in [0.2, 0.25) is 5.88 Å². The van der Waals surface area contributed by atoms with E-state index in [0.717, 1.165) is 5.56 Å². The largest absolute Gasteiger partial charge is 0.481 e. The summed E-state index contributed by atoms with van der Waals surface area (Å²) in [5.41, 5.74) is 8.16. The fourth-order valence-electron chi connectivity index (χ4n) is 2.52. The Morgan fingerprint density at radius 2 is 2.14 bits per heavy atom. The number of nitrogens with zero attached hydrogens (tertiary/aromatic N) is 3. The summed E-state index contributed by atoms with van der Waals surface area (Å²) in [6.45, 7) is 4.47. The first-order chi connectivity index (χ1) is 10.5. The normalized spacial score (nSPS) is 13.0. The number of fused-ring (bicyclic) bond motifs is 2. The number of amides is 1. The molecular weight excluding hydrogens is 282 g/mol. The Bertz CT molecular complexity index is 760. The van der Waals surface area contributed by atoms with E-state index in [1.807, 2.05) is 18.7 Å². The third kappa shape index (κ3) is 2.11. The first-order valence-electron chi connectivity index (χ1n) is 6.95. The van der Waals surface area contributed by atoms with Crippen LogP contribution in [0.25, 0.3) is 0 Å². The molecule has 3 rings (SSSR count). The number of methoxy groups -OCH3 is 1. The van der Waals surface area contributed by atoms with Gasteiger partial charge in [0.25, 0.3) is 5.91 Å². The molecule has 2 aromatic heterocycles. The molecule has 2 aromatic rings. The Hall–Kier alpha value is -2.83. The van der Waals surface area contributed by atoms with Crippen molar-refractivity contribution in [3.8, 4) is 5.88 Å². The van der Waals surface area contributed by atoms with Crippen LogP contribution in [0.15, 0.2) is 18.3 Å². The van der Waals surface area contributed by atoms with Crippen molar-refractivity contribution in [1.29, 1.82) is 0 Å². The van der Waals surface area contributed by atoms with E-state index in [9.17, 15) is 4.79 Å². The number of ether oxygens (including phenoxy) is 1. The molecule has 0 fully saturated rings. The summed E-state index contributed by atoms with van der Waals surface area (Å²) in [4.78, 5) is 23.2. The van der Waals surface area contributed by atoms with Crippen molar-refractivity contribution in [1.82, 2.24) is 9.97 Å². The van der Waals surface area contributed by atoms with Gasteiger partial charge in [0.1, 0.15) is 5.82 Å². The van der Waals surface area contributed by atoms with Crippen LogP contribution in [0.1, 0.15) is 22.8 Å². The molecule has 0 unspecified atom stereocenters. The van der Waals surface area contributed by atoms with Gasteiger partial charge in [-0.2, -0.15) is 4.98 Å². The molecule has 0 spiro atoms. The lowest BCUT2D eigenvalue weighted by atomic mass is 10.2. The fourth-order valence-corrected chi connectivity index (χ4v) is 2.52. The molecule has 1 aliphatic heterocycles. The predicted molar refractivity (Wildman–Crippen MR) is 84.8 cm³/mol. The summed E-state index contributed by atoms with van der Waals surface area (Å²) in [5.74, 6) is 1.39. The third-order valence-corrected chi connectivity index (χ3v) is 3.58. The van der Waals surface area contributed by atoms with Gasteiger partial charge < -0.3 is 20.7 Å². The average Bonchev–Trinajstić information content (AvgIpc) is 2.62. The van der Waals surface area contributed by atoms with Gasteiger partial charge in [-0.1, -0.05) is 0 Å². The number of nitrogens with two attached hydrogens (primary N) is 1. The van der Waals surface area contributed by atoms with E-state index in [-0.39, 0.29) is 5.91 Å². The highest BCUT2D eigenvalue weighted by Gasteiger charge is 2.28. The van der Waals surface area contributed by atoms with Gasteiger partial charge >= 0.3 is 0 Å². The molecule has 0 saturated carbocycles. The number of hydrogen-bond donors (Lipinski definition) is 2. The summed E-state index contributed by atoms with van der Waals surface area (Å²) < 4.78 is 5.24. The SMILES string of the molecule is CCN1c2ncc(N)cc2C(=O)Nc2c(C)cc(OC)nc21. The lowest BCUT2D eigenvalue weighted by Gasteiger charge is -2.23. The second-order valence-corrected chi connectivity index (χ2v) is 5.02. The molecular formula is C15H17N5O2. The van der Waals surface area contributed by atoms with Crippen molar-refractivity contribution in [2.45, 2.75) is 13.8 Å². The maximum absolute atomic E-state index is 12.5. The fraction of sp³-hybridized carbons (Fsp3) is 0.267. The Kier molecular flexibility index (Phi) is 3.32. The Morgan fingerprint density at radius 1 is 1.36 bits per heavy atom. The van der Waals surface area contributed by atoms with Crippen molar-refractivity contribution in [2.24, 2.45) is 0 Å². The highest BCUT2D eigenvalue weighted by atomic mass is 16.5. The third-order valence-electron chi connectivity index (χ3n) is 3.58. The molecule has 1 aliphatic rings. The first-order valence-corrected chi connectivity index (χ1v) is 6.95. The Balaban J connectivity index is 2.28. The number of pyridine rings is 2. The van der Waals surface area contributed by atoms with Gasteiger partial charge in [0.15, 0.2) is 5.82 Å². The van der Waals surface area contributed by atoms with E-state index in [1.165, 1.54) is 6.20 Å². The minimum absolute atomic E-state index is 0.248. The minimum atomic E-state index is -0.248. The Labute approximate surface area is 128 Å². The van der Waals surface area contributed by atoms with Crippen LogP contribution >= 0.6 is 0 Å². The molecule has 7 nitrogen and oxygen atoms in total. The van der Waals surface area contributed by atoms with E-state index in [4.69, 9.17) is 10.5 Å². The number of carbonyl (C=O) groups is 1. The lowest BCUT2D eigenvalue weighted by Crippen LogP contribution is -2.20. The summed E-state index contributed by atoms with van der Waals surface area (Å²) >= 11 is 0. The maximum atomic E-state index is 12.5. The predicted octanol–water partition coefficient (Wildman–Crippen LogP) is 2.10. The molecule has 3 N–H and O–H groups in total. The van der Waals surface area contributed by atoms with Gasteiger partial charge in [0.05, 0.1) is 30.2 Å². The molecule has 0 saturated heterocycles. The van der Waals surface area contributed by atoms with E-state index in [2.05, 4.69) is 15.3 Å². The smallest absolute Gasteiger partial charge is 0.259 e. The standard InChI is InChI=1S/C15H17N5O2/c1-4-20-13-10(6-9(16)7-17-13)15(21)19-12-8(2)5-11(22-3)18-14(12)20/h5-7H,4,16H2,1-3H3,(H,19,21). The molecule has 114 valence electrons. The van der Waals surface area contributed by atoms with Crippen molar-refractivity contribution in [3.63, 3.8) is 0 Å². The zero-order valence-electron chi connectivity index (χ0n) is 12.7. The number of hydrogen-bond acceptors (Lipinski definition) is 6. The maximum Gasteiger partial charge on any atom is 0.259 e. The number of aromatic nitrogens is 2. The number of aryl methyl sites for hydroxylation is 1. The zero-order valence-corrected chi connectivity index (χ0v) is 12.7. The zero-order chi connectivity index (χ0) is 15.9. The van der Waals surface area contributed by atoms with Crippen LogP contribution in [0.2, 0.25) is 0 Å². The highest BCUT2D eigenvalue weighted by Crippen LogP contribution is 2.38. The summed E-state index contributed by atoms with van der Waals surface area (Å²) in [6.07, 6.45) is 1.53. The molecule has 0 aromatic carbocycles. The average molecular weight is 299 g/mol. The second kappa shape index (κ2) is 5.18. The summed E-state index contributed by atoms with van der Waals surface area (Å²) in [6, 6.07) is 3.41. The number of carbonyl (C=O) groups excluding carboxylic acids is 1. The summed E-state index contributed by atoms with van der Waals surface area (Å²) in [5, 5.41) is 2.90. The molecule has 22 heavy (non-hydrogen) atoms. The molecule has 0 bridgehead atoms. The molecule has 0 atom stereocenters. The Morgan fingerprint density at radius 3 is 2.82 bits per heavy atom. The van der Waals surface area contributed by atoms with Crippen LogP contribution in [-0.4, -0.2) is 29.5 Å². The highest BCUT2D eigenvalue weighted by molar-refractivity contribution is 6.12. The van der Waals surface area contributed by atoms with E-state index in [1.54, 1.807) is 19.2 Å². The van der Waals surface area contributed by atoms with Crippen LogP contribution in [0, 0.1) is 6.92 Å². The number of nitrogen functional groups attached to an aromatic ring is 1. The molecule has 1 amide bonds. The molecule has 0 aliphatic carbocycles. The number of rotatable bonds is 2. The van der Waals surface area contributed by atoms with Crippen LogP contribution in [-0.2, 0) is 0 Å². The van der Waals surface area contributed by atoms with Crippen molar-refractivity contribution in [2.75, 3.05) is 29.6 Å². The van der Waals surface area contributed by atoms with E-state index < -0.39 is 0 Å². The van der Waals surface area contributed by atoms with Crippen molar-refractivity contribution in [3.05, 3.63) is 29.5 Å². The summed E-state index contributed by atoms with van der Waals surface area (Å²) in [7, 11) is 1.56. The molecule has 0 radical (unpaired) electrons. The topological polar surface area (TPSA) is 93.4 Å². The number of anilines is 4. The van der Waals surface area contributed by atoms with E-state index in [0.29, 0.717) is 41.0 Å². The second-order valence-electron chi connectivity index (χ2n) is 5.02. The molecule has 7 heteroatoms. The quantitative estimate of drug-likeness (QED) is 0.882. The van der Waals surface area contributed by atoms with Crippen LogP contribution in [0.3, 0.4) is 0 Å². The minimum Gasteiger partial charge on any atom is -0.481 e. The molecule has 3 heterocycles. The van der Waals surface area contributed by atoms with Gasteiger partial charge in [-0.3, -0.25) is 4.79 Å². The van der Waals surface area contributed by atoms with Gasteiger partial charge in [-0.15, -0.1) is 0 Å². The van der Waals surface area contributed by atoms with Crippen LogP contribution in [0.4, 0.5) is 23.0 Å². The van der Waals surface area contributed by atoms with Gasteiger partial charge in [0, 0.05) is 12.6 Å².